The van der Waals surface area contributed by atoms with Crippen molar-refractivity contribution < 1.29 is 4.74 Å². The van der Waals surface area contributed by atoms with E-state index >= 15 is 0 Å². The zero-order valence-electron chi connectivity index (χ0n) is 10.1. The van der Waals surface area contributed by atoms with Gasteiger partial charge in [0.2, 0.25) is 0 Å². The standard InChI is InChI=1S/C13H16N4O/c1-2-11(15-4-1)12-3-5-16-13(17-12)8-10-9-18-7-6-14-10/h1-5,10,14-15H,6-9H2. The normalized spacial score (nSPS) is 19.9. The topological polar surface area (TPSA) is 62.8 Å². The van der Waals surface area contributed by atoms with Gasteiger partial charge in [-0.15, -0.1) is 0 Å². The molecule has 1 aliphatic rings. The number of nitrogens with zero attached hydrogens (tertiary/aromatic N) is 2. The highest BCUT2D eigenvalue weighted by Gasteiger charge is 2.15. The van der Waals surface area contributed by atoms with Gasteiger partial charge >= 0.3 is 0 Å². The largest absolute Gasteiger partial charge is 0.379 e. The van der Waals surface area contributed by atoms with Gasteiger partial charge in [-0.1, -0.05) is 0 Å². The van der Waals surface area contributed by atoms with Crippen molar-refractivity contribution in [3.63, 3.8) is 0 Å². The molecule has 0 bridgehead atoms. The molecule has 94 valence electrons. The second-order valence-electron chi connectivity index (χ2n) is 4.37. The summed E-state index contributed by atoms with van der Waals surface area (Å²) in [5.41, 5.74) is 1.95. The minimum absolute atomic E-state index is 0.317. The molecule has 18 heavy (non-hydrogen) atoms. The molecular formula is C13H16N4O. The van der Waals surface area contributed by atoms with Crippen molar-refractivity contribution in [2.45, 2.75) is 12.5 Å². The van der Waals surface area contributed by atoms with Gasteiger partial charge in [-0.3, -0.25) is 0 Å². The third-order valence-electron chi connectivity index (χ3n) is 3.01. The molecule has 1 atom stereocenters. The monoisotopic (exact) mass is 244 g/mol. The van der Waals surface area contributed by atoms with Gasteiger partial charge < -0.3 is 15.0 Å². The third kappa shape index (κ3) is 2.57. The molecule has 2 aromatic heterocycles. The fourth-order valence-electron chi connectivity index (χ4n) is 2.11. The second kappa shape index (κ2) is 5.29. The van der Waals surface area contributed by atoms with Crippen LogP contribution in [-0.4, -0.2) is 40.8 Å². The fraction of sp³-hybridized carbons (Fsp3) is 0.385. The average molecular weight is 244 g/mol. The smallest absolute Gasteiger partial charge is 0.130 e. The van der Waals surface area contributed by atoms with Gasteiger partial charge in [0.25, 0.3) is 0 Å². The van der Waals surface area contributed by atoms with Gasteiger partial charge in [-0.2, -0.15) is 0 Å². The van der Waals surface area contributed by atoms with Crippen molar-refractivity contribution in [1.29, 1.82) is 0 Å². The molecule has 0 spiro atoms. The molecule has 0 aromatic carbocycles. The van der Waals surface area contributed by atoms with E-state index in [0.29, 0.717) is 6.04 Å². The summed E-state index contributed by atoms with van der Waals surface area (Å²) < 4.78 is 5.43. The van der Waals surface area contributed by atoms with E-state index in [2.05, 4.69) is 20.3 Å². The maximum Gasteiger partial charge on any atom is 0.130 e. The number of hydrogen-bond acceptors (Lipinski definition) is 4. The summed E-state index contributed by atoms with van der Waals surface area (Å²) in [6.07, 6.45) is 4.50. The Kier molecular flexibility index (Phi) is 3.34. The first-order chi connectivity index (χ1) is 8.92. The molecule has 3 rings (SSSR count). The van der Waals surface area contributed by atoms with Crippen molar-refractivity contribution in [2.75, 3.05) is 19.8 Å². The van der Waals surface area contributed by atoms with Crippen LogP contribution in [0.15, 0.2) is 30.6 Å². The van der Waals surface area contributed by atoms with Crippen LogP contribution in [0.25, 0.3) is 11.4 Å². The first-order valence-electron chi connectivity index (χ1n) is 6.18. The van der Waals surface area contributed by atoms with E-state index in [1.807, 2.05) is 30.6 Å². The fourth-order valence-corrected chi connectivity index (χ4v) is 2.11. The Morgan fingerprint density at radius 1 is 1.39 bits per heavy atom. The Morgan fingerprint density at radius 2 is 2.39 bits per heavy atom. The van der Waals surface area contributed by atoms with E-state index in [-0.39, 0.29) is 0 Å². The van der Waals surface area contributed by atoms with Crippen LogP contribution in [0.4, 0.5) is 0 Å². The molecule has 2 aromatic rings. The Hall–Kier alpha value is -1.72. The van der Waals surface area contributed by atoms with Gasteiger partial charge in [0.1, 0.15) is 5.82 Å². The van der Waals surface area contributed by atoms with Gasteiger partial charge in [0.15, 0.2) is 0 Å². The number of aromatic nitrogens is 3. The minimum Gasteiger partial charge on any atom is -0.379 e. The van der Waals surface area contributed by atoms with Crippen LogP contribution >= 0.6 is 0 Å². The maximum atomic E-state index is 5.43. The van der Waals surface area contributed by atoms with E-state index in [9.17, 15) is 0 Å². The first kappa shape index (κ1) is 11.4. The van der Waals surface area contributed by atoms with E-state index in [4.69, 9.17) is 4.74 Å². The summed E-state index contributed by atoms with van der Waals surface area (Å²) in [5.74, 6) is 0.852. The molecule has 3 heterocycles. The zero-order valence-corrected chi connectivity index (χ0v) is 10.1. The molecule has 0 saturated carbocycles. The van der Waals surface area contributed by atoms with E-state index < -0.39 is 0 Å². The number of aromatic amines is 1. The molecule has 0 aliphatic carbocycles. The van der Waals surface area contributed by atoms with Crippen LogP contribution in [0.1, 0.15) is 5.82 Å². The Morgan fingerprint density at radius 3 is 3.17 bits per heavy atom. The van der Waals surface area contributed by atoms with Crippen LogP contribution in [0, 0.1) is 0 Å². The van der Waals surface area contributed by atoms with Crippen molar-refractivity contribution in [1.82, 2.24) is 20.3 Å². The minimum atomic E-state index is 0.317. The molecule has 0 radical (unpaired) electrons. The number of rotatable bonds is 3. The highest BCUT2D eigenvalue weighted by molar-refractivity contribution is 5.53. The predicted octanol–water partition coefficient (Wildman–Crippen LogP) is 1.00. The van der Waals surface area contributed by atoms with Gasteiger partial charge in [0, 0.05) is 31.4 Å². The van der Waals surface area contributed by atoms with Crippen molar-refractivity contribution in [2.24, 2.45) is 0 Å². The Bertz CT molecular complexity index is 491. The summed E-state index contributed by atoms with van der Waals surface area (Å²) in [6, 6.07) is 6.21. The molecule has 1 fully saturated rings. The molecule has 0 amide bonds. The van der Waals surface area contributed by atoms with Crippen LogP contribution < -0.4 is 5.32 Å². The number of ether oxygens (including phenoxy) is 1. The molecule has 2 N–H and O–H groups in total. The zero-order chi connectivity index (χ0) is 12.2. The van der Waals surface area contributed by atoms with Gasteiger partial charge in [-0.05, 0) is 18.2 Å². The number of morpholine rings is 1. The highest BCUT2D eigenvalue weighted by atomic mass is 16.5. The Balaban J connectivity index is 1.74. The number of nitrogens with one attached hydrogen (secondary N) is 2. The van der Waals surface area contributed by atoms with E-state index in [1.54, 1.807) is 0 Å². The third-order valence-corrected chi connectivity index (χ3v) is 3.01. The maximum absolute atomic E-state index is 5.43. The summed E-state index contributed by atoms with van der Waals surface area (Å²) in [7, 11) is 0. The number of H-pyrrole nitrogens is 1. The lowest BCUT2D eigenvalue weighted by atomic mass is 10.2. The Labute approximate surface area is 106 Å². The first-order valence-corrected chi connectivity index (χ1v) is 6.18. The second-order valence-corrected chi connectivity index (χ2v) is 4.37. The highest BCUT2D eigenvalue weighted by Crippen LogP contribution is 2.13. The van der Waals surface area contributed by atoms with Crippen LogP contribution in [-0.2, 0) is 11.2 Å². The lowest BCUT2D eigenvalue weighted by Gasteiger charge is -2.23. The van der Waals surface area contributed by atoms with Crippen molar-refractivity contribution in [3.8, 4) is 11.4 Å². The summed E-state index contributed by atoms with van der Waals surface area (Å²) in [4.78, 5) is 12.0. The molecular weight excluding hydrogens is 228 g/mol. The summed E-state index contributed by atoms with van der Waals surface area (Å²) in [6.45, 7) is 2.43. The van der Waals surface area contributed by atoms with Crippen molar-refractivity contribution >= 4 is 0 Å². The molecule has 1 unspecified atom stereocenters. The molecule has 1 aliphatic heterocycles. The van der Waals surface area contributed by atoms with Crippen LogP contribution in [0.5, 0.6) is 0 Å². The molecule has 5 nitrogen and oxygen atoms in total. The predicted molar refractivity (Wildman–Crippen MR) is 68.1 cm³/mol. The lowest BCUT2D eigenvalue weighted by Crippen LogP contribution is -2.42. The summed E-state index contributed by atoms with van der Waals surface area (Å²) >= 11 is 0. The lowest BCUT2D eigenvalue weighted by molar-refractivity contribution is 0.0764. The SMILES string of the molecule is c1c[nH]c(-c2ccnc(CC3COCCN3)n2)c1. The molecule has 1 saturated heterocycles. The van der Waals surface area contributed by atoms with Gasteiger partial charge in [-0.25, -0.2) is 9.97 Å². The van der Waals surface area contributed by atoms with Crippen LogP contribution in [0.3, 0.4) is 0 Å². The molecule has 5 heteroatoms. The quantitative estimate of drug-likeness (QED) is 0.845. The number of hydrogen-bond donors (Lipinski definition) is 2. The van der Waals surface area contributed by atoms with Gasteiger partial charge in [0.05, 0.1) is 24.6 Å². The van der Waals surface area contributed by atoms with E-state index in [0.717, 1.165) is 43.4 Å². The van der Waals surface area contributed by atoms with Crippen LogP contribution in [0.2, 0.25) is 0 Å². The summed E-state index contributed by atoms with van der Waals surface area (Å²) in [5, 5.41) is 3.41. The van der Waals surface area contributed by atoms with Crippen molar-refractivity contribution in [3.05, 3.63) is 36.4 Å². The van der Waals surface area contributed by atoms with E-state index in [1.165, 1.54) is 0 Å². The average Bonchev–Trinajstić information content (AvgIpc) is 2.94.